The number of hydrogen-bond acceptors (Lipinski definition) is 7. The van der Waals surface area contributed by atoms with E-state index in [0.717, 1.165) is 0 Å². The molecule has 2 rings (SSSR count). The first-order valence-corrected chi connectivity index (χ1v) is 8.87. The lowest BCUT2D eigenvalue weighted by Gasteiger charge is -2.21. The van der Waals surface area contributed by atoms with Gasteiger partial charge in [0.15, 0.2) is 11.5 Å². The van der Waals surface area contributed by atoms with Crippen molar-refractivity contribution in [3.05, 3.63) is 28.8 Å². The van der Waals surface area contributed by atoms with Crippen molar-refractivity contribution in [2.45, 2.75) is 38.9 Å². The lowest BCUT2D eigenvalue weighted by molar-refractivity contribution is -0.142. The number of nitrogens with one attached hydrogen (secondary N) is 1. The molecule has 0 aliphatic carbocycles. The van der Waals surface area contributed by atoms with Crippen LogP contribution >= 0.6 is 11.6 Å². The maximum atomic E-state index is 12.0. The van der Waals surface area contributed by atoms with E-state index in [-0.39, 0.29) is 19.8 Å². The first-order valence-electron chi connectivity index (χ1n) is 8.49. The van der Waals surface area contributed by atoms with Crippen LogP contribution in [0.3, 0.4) is 0 Å². The molecule has 1 atom stereocenters. The smallest absolute Gasteiger partial charge is 0.407 e. The van der Waals surface area contributed by atoms with Crippen molar-refractivity contribution in [1.29, 1.82) is 5.26 Å². The van der Waals surface area contributed by atoms with Gasteiger partial charge in [-0.05, 0) is 44.5 Å². The molecule has 1 amide bonds. The number of nitrogens with zero attached hydrogens (tertiary/aromatic N) is 1. The molecule has 9 heteroatoms. The van der Waals surface area contributed by atoms with E-state index in [1.807, 2.05) is 6.07 Å². The molecule has 28 heavy (non-hydrogen) atoms. The Morgan fingerprint density at radius 2 is 2.14 bits per heavy atom. The Hall–Kier alpha value is -2.92. The number of rotatable bonds is 6. The molecular formula is C19H21ClN2O6. The van der Waals surface area contributed by atoms with Crippen LogP contribution in [0.2, 0.25) is 5.02 Å². The highest BCUT2D eigenvalue weighted by molar-refractivity contribution is 6.32. The lowest BCUT2D eigenvalue weighted by atomic mass is 10.2. The zero-order valence-electron chi connectivity index (χ0n) is 15.8. The Bertz CT molecular complexity index is 810. The summed E-state index contributed by atoms with van der Waals surface area (Å²) in [4.78, 5) is 23.7. The van der Waals surface area contributed by atoms with Crippen molar-refractivity contribution >= 4 is 29.7 Å². The molecule has 0 saturated heterocycles. The predicted molar refractivity (Wildman–Crippen MR) is 101 cm³/mol. The van der Waals surface area contributed by atoms with E-state index in [9.17, 15) is 9.59 Å². The van der Waals surface area contributed by atoms with Gasteiger partial charge in [-0.25, -0.2) is 9.59 Å². The largest absolute Gasteiger partial charge is 0.456 e. The number of carbonyl (C=O) groups is 2. The quantitative estimate of drug-likeness (QED) is 0.567. The average Bonchev–Trinajstić information content (AvgIpc) is 3.06. The molecule has 0 fully saturated rings. The Balaban J connectivity index is 1.91. The molecule has 1 aromatic carbocycles. The molecule has 0 saturated carbocycles. The molecule has 1 N–H and O–H groups in total. The molecule has 1 aliphatic rings. The van der Waals surface area contributed by atoms with Crippen LogP contribution in [-0.4, -0.2) is 37.1 Å². The number of esters is 1. The van der Waals surface area contributed by atoms with Crippen LogP contribution in [-0.2, 0) is 14.3 Å². The molecule has 0 bridgehead atoms. The normalized spacial score (nSPS) is 13.7. The maximum Gasteiger partial charge on any atom is 0.407 e. The molecule has 1 aromatic rings. The van der Waals surface area contributed by atoms with E-state index in [2.05, 4.69) is 5.32 Å². The van der Waals surface area contributed by atoms with Crippen molar-refractivity contribution in [2.75, 3.05) is 13.3 Å². The topological polar surface area (TPSA) is 107 Å². The summed E-state index contributed by atoms with van der Waals surface area (Å²) in [6.45, 7) is 5.23. The average molecular weight is 409 g/mol. The number of halogens is 1. The van der Waals surface area contributed by atoms with Gasteiger partial charge in [0, 0.05) is 6.08 Å². The van der Waals surface area contributed by atoms with E-state index >= 15 is 0 Å². The number of amides is 1. The fourth-order valence-electron chi connectivity index (χ4n) is 2.22. The summed E-state index contributed by atoms with van der Waals surface area (Å²) in [6.07, 6.45) is 1.16. The molecule has 0 aromatic heterocycles. The monoisotopic (exact) mass is 408 g/mol. The predicted octanol–water partition coefficient (Wildman–Crippen LogP) is 3.43. The first kappa shape index (κ1) is 21.4. The van der Waals surface area contributed by atoms with Crippen molar-refractivity contribution < 1.29 is 28.5 Å². The molecule has 1 aliphatic heterocycles. The standard InChI is InChI=1S/C19H21ClN2O6/c1-19(2,3)28-18(24)22-10-13(6-7-21)27-16(23)5-4-12-8-14(20)17-15(9-12)25-11-26-17/h4-5,8-9,13H,6,10-11H2,1-3H3,(H,22,24)/b5-4+. The molecule has 150 valence electrons. The van der Waals surface area contributed by atoms with E-state index in [1.165, 1.54) is 12.2 Å². The van der Waals surface area contributed by atoms with Crippen molar-refractivity contribution in [3.63, 3.8) is 0 Å². The summed E-state index contributed by atoms with van der Waals surface area (Å²) in [5.41, 5.74) is -0.0324. The first-order chi connectivity index (χ1) is 13.2. The van der Waals surface area contributed by atoms with Gasteiger partial charge in [0.25, 0.3) is 0 Å². The van der Waals surface area contributed by atoms with Gasteiger partial charge in [-0.15, -0.1) is 0 Å². The van der Waals surface area contributed by atoms with Crippen LogP contribution in [0.15, 0.2) is 18.2 Å². The number of nitriles is 1. The van der Waals surface area contributed by atoms with Crippen LogP contribution in [0.1, 0.15) is 32.8 Å². The fraction of sp³-hybridized carbons (Fsp3) is 0.421. The second-order valence-electron chi connectivity index (χ2n) is 6.87. The van der Waals surface area contributed by atoms with Gasteiger partial charge in [0.1, 0.15) is 11.7 Å². The maximum absolute atomic E-state index is 12.0. The Labute approximate surface area is 168 Å². The van der Waals surface area contributed by atoms with Gasteiger partial charge >= 0.3 is 12.1 Å². The summed E-state index contributed by atoms with van der Waals surface area (Å²) in [5.74, 6) is 0.285. The zero-order chi connectivity index (χ0) is 20.7. The molecule has 8 nitrogen and oxygen atoms in total. The van der Waals surface area contributed by atoms with Crippen LogP contribution in [0.4, 0.5) is 4.79 Å². The minimum atomic E-state index is -0.810. The Kier molecular flexibility index (Phi) is 7.12. The van der Waals surface area contributed by atoms with E-state index in [4.69, 9.17) is 35.8 Å². The number of alkyl carbamates (subject to hydrolysis) is 1. The number of fused-ring (bicyclic) bond motifs is 1. The van der Waals surface area contributed by atoms with Crippen LogP contribution in [0, 0.1) is 11.3 Å². The highest BCUT2D eigenvalue weighted by atomic mass is 35.5. The van der Waals surface area contributed by atoms with E-state index in [0.29, 0.717) is 22.1 Å². The number of carbonyl (C=O) groups excluding carboxylic acids is 2. The summed E-state index contributed by atoms with van der Waals surface area (Å²) in [5, 5.41) is 11.7. The minimum Gasteiger partial charge on any atom is -0.456 e. The Morgan fingerprint density at radius 1 is 1.39 bits per heavy atom. The third kappa shape index (κ3) is 6.67. The van der Waals surface area contributed by atoms with Gasteiger partial charge in [-0.3, -0.25) is 0 Å². The molecular weight excluding hydrogens is 388 g/mol. The van der Waals surface area contributed by atoms with Gasteiger partial charge in [-0.1, -0.05) is 11.6 Å². The highest BCUT2D eigenvalue weighted by Gasteiger charge is 2.20. The summed E-state index contributed by atoms with van der Waals surface area (Å²) >= 11 is 6.09. The second-order valence-corrected chi connectivity index (χ2v) is 7.28. The van der Waals surface area contributed by atoms with Crippen LogP contribution < -0.4 is 14.8 Å². The fourth-order valence-corrected chi connectivity index (χ4v) is 2.49. The highest BCUT2D eigenvalue weighted by Crippen LogP contribution is 2.40. The number of benzene rings is 1. The molecule has 0 spiro atoms. The summed E-state index contributed by atoms with van der Waals surface area (Å²) in [6, 6.07) is 5.21. The van der Waals surface area contributed by atoms with Crippen LogP contribution in [0.5, 0.6) is 11.5 Å². The summed E-state index contributed by atoms with van der Waals surface area (Å²) < 4.78 is 20.8. The lowest BCUT2D eigenvalue weighted by Crippen LogP contribution is -2.38. The van der Waals surface area contributed by atoms with Crippen molar-refractivity contribution in [1.82, 2.24) is 5.32 Å². The van der Waals surface area contributed by atoms with Gasteiger partial charge in [0.05, 0.1) is 24.1 Å². The van der Waals surface area contributed by atoms with Gasteiger partial charge < -0.3 is 24.3 Å². The van der Waals surface area contributed by atoms with Gasteiger partial charge in [-0.2, -0.15) is 5.26 Å². The minimum absolute atomic E-state index is 0.0437. The van der Waals surface area contributed by atoms with E-state index < -0.39 is 23.8 Å². The van der Waals surface area contributed by atoms with Crippen molar-refractivity contribution in [2.24, 2.45) is 0 Å². The Morgan fingerprint density at radius 3 is 2.82 bits per heavy atom. The molecule has 0 radical (unpaired) electrons. The SMILES string of the molecule is CC(C)(C)OC(=O)NCC(CC#N)OC(=O)/C=C/c1cc(Cl)c2c(c1)OCO2. The molecule has 1 unspecified atom stereocenters. The molecule has 1 heterocycles. The van der Waals surface area contributed by atoms with Crippen LogP contribution in [0.25, 0.3) is 6.08 Å². The second kappa shape index (κ2) is 9.33. The third-order valence-corrected chi connectivity index (χ3v) is 3.62. The van der Waals surface area contributed by atoms with Gasteiger partial charge in [0.2, 0.25) is 6.79 Å². The van der Waals surface area contributed by atoms with E-state index in [1.54, 1.807) is 32.9 Å². The zero-order valence-corrected chi connectivity index (χ0v) is 16.5. The number of hydrogen-bond donors (Lipinski definition) is 1. The summed E-state index contributed by atoms with van der Waals surface area (Å²) in [7, 11) is 0. The van der Waals surface area contributed by atoms with Crippen molar-refractivity contribution in [3.8, 4) is 17.6 Å². The number of ether oxygens (including phenoxy) is 4. The third-order valence-electron chi connectivity index (χ3n) is 3.34.